The number of phenolic OH excluding ortho intramolecular Hbond substituents is 1. The number of anilines is 1. The van der Waals surface area contributed by atoms with E-state index in [-0.39, 0.29) is 22.1 Å². The normalized spacial score (nSPS) is 11.2. The number of ether oxygens (including phenoxy) is 1. The van der Waals surface area contributed by atoms with E-state index in [1.165, 1.54) is 31.4 Å². The van der Waals surface area contributed by atoms with E-state index in [0.717, 1.165) is 5.56 Å². The first-order valence-corrected chi connectivity index (χ1v) is 8.27. The van der Waals surface area contributed by atoms with Gasteiger partial charge in [0.25, 0.3) is 10.0 Å². The molecule has 0 atom stereocenters. The Balaban J connectivity index is 2.35. The molecule has 0 amide bonds. The van der Waals surface area contributed by atoms with Gasteiger partial charge < -0.3 is 9.84 Å². The van der Waals surface area contributed by atoms with Gasteiger partial charge >= 0.3 is 0 Å². The van der Waals surface area contributed by atoms with Crippen molar-refractivity contribution < 1.29 is 18.3 Å². The fraction of sp³-hybridized carbons (Fsp3) is 0.143. The van der Waals surface area contributed by atoms with Crippen molar-refractivity contribution in [2.45, 2.75) is 11.8 Å². The molecule has 0 spiro atoms. The van der Waals surface area contributed by atoms with E-state index < -0.39 is 10.0 Å². The number of benzene rings is 2. The summed E-state index contributed by atoms with van der Waals surface area (Å²) in [5.74, 6) is 0.134. The fourth-order valence-electron chi connectivity index (χ4n) is 1.79. The number of hydrogen-bond donors (Lipinski definition) is 2. The van der Waals surface area contributed by atoms with Gasteiger partial charge in [0.15, 0.2) is 11.5 Å². The van der Waals surface area contributed by atoms with E-state index in [4.69, 9.17) is 4.74 Å². The van der Waals surface area contributed by atoms with Gasteiger partial charge in [-0.3, -0.25) is 4.72 Å². The maximum atomic E-state index is 12.3. The Hall–Kier alpha value is -1.73. The van der Waals surface area contributed by atoms with Crippen LogP contribution in [0.5, 0.6) is 11.5 Å². The number of rotatable bonds is 4. The summed E-state index contributed by atoms with van der Waals surface area (Å²) in [5, 5.41) is 9.68. The molecule has 2 rings (SSSR count). The zero-order chi connectivity index (χ0) is 15.6. The number of phenols is 1. The van der Waals surface area contributed by atoms with Crippen LogP contribution in [0.2, 0.25) is 0 Å². The van der Waals surface area contributed by atoms with Crippen molar-refractivity contribution in [2.75, 3.05) is 11.8 Å². The minimum Gasteiger partial charge on any atom is -0.504 e. The number of aryl methyl sites for hydroxylation is 1. The predicted octanol–water partition coefficient (Wildman–Crippen LogP) is 3.27. The molecule has 2 aromatic rings. The lowest BCUT2D eigenvalue weighted by molar-refractivity contribution is 0.373. The Kier molecular flexibility index (Phi) is 4.43. The summed E-state index contributed by atoms with van der Waals surface area (Å²) in [6.07, 6.45) is 0. The maximum absolute atomic E-state index is 12.3. The molecule has 0 bridgehead atoms. The molecule has 0 aliphatic rings. The Morgan fingerprint density at radius 3 is 2.48 bits per heavy atom. The zero-order valence-electron chi connectivity index (χ0n) is 11.4. The summed E-state index contributed by atoms with van der Waals surface area (Å²) < 4.78 is 32.5. The van der Waals surface area contributed by atoms with Gasteiger partial charge in [-0.2, -0.15) is 0 Å². The van der Waals surface area contributed by atoms with Gasteiger partial charge in [0.05, 0.1) is 12.8 Å². The highest BCUT2D eigenvalue weighted by Crippen LogP contribution is 2.31. The zero-order valence-corrected chi connectivity index (χ0v) is 13.8. The lowest BCUT2D eigenvalue weighted by atomic mass is 10.2. The number of sulfonamides is 1. The average Bonchev–Trinajstić information content (AvgIpc) is 2.37. The molecule has 7 heteroatoms. The standard InChI is InChI=1S/C14H14BrNO4S/c1-9-3-6-14(11(15)7-9)21(18,19)16-10-4-5-13(20-2)12(17)8-10/h3-8,16-17H,1-2H3. The number of halogens is 1. The van der Waals surface area contributed by atoms with Gasteiger partial charge in [0.1, 0.15) is 4.90 Å². The van der Waals surface area contributed by atoms with E-state index in [1.54, 1.807) is 12.1 Å². The summed E-state index contributed by atoms with van der Waals surface area (Å²) in [5.41, 5.74) is 1.20. The second kappa shape index (κ2) is 5.95. The quantitative estimate of drug-likeness (QED) is 0.864. The lowest BCUT2D eigenvalue weighted by Crippen LogP contribution is -2.13. The molecular weight excluding hydrogens is 358 g/mol. The summed E-state index contributed by atoms with van der Waals surface area (Å²) in [6, 6.07) is 9.24. The number of methoxy groups -OCH3 is 1. The summed E-state index contributed by atoms with van der Waals surface area (Å²) in [6.45, 7) is 1.87. The molecule has 0 fully saturated rings. The Morgan fingerprint density at radius 2 is 1.90 bits per heavy atom. The van der Waals surface area contributed by atoms with Crippen LogP contribution in [0.1, 0.15) is 5.56 Å². The first kappa shape index (κ1) is 15.7. The third-order valence-corrected chi connectivity index (χ3v) is 5.17. The third-order valence-electron chi connectivity index (χ3n) is 2.81. The SMILES string of the molecule is COc1ccc(NS(=O)(=O)c2ccc(C)cc2Br)cc1O. The van der Waals surface area contributed by atoms with Crippen LogP contribution in [0.15, 0.2) is 45.8 Å². The molecule has 0 aliphatic carbocycles. The van der Waals surface area contributed by atoms with Crippen molar-refractivity contribution in [3.63, 3.8) is 0 Å². The van der Waals surface area contributed by atoms with Crippen LogP contribution in [0.4, 0.5) is 5.69 Å². The highest BCUT2D eigenvalue weighted by molar-refractivity contribution is 9.10. The molecule has 21 heavy (non-hydrogen) atoms. The Morgan fingerprint density at radius 1 is 1.19 bits per heavy atom. The van der Waals surface area contributed by atoms with E-state index >= 15 is 0 Å². The van der Waals surface area contributed by atoms with Crippen LogP contribution in [-0.4, -0.2) is 20.6 Å². The summed E-state index contributed by atoms with van der Waals surface area (Å²) in [4.78, 5) is 0.128. The first-order valence-electron chi connectivity index (χ1n) is 5.99. The second-order valence-electron chi connectivity index (χ2n) is 4.43. The Bertz CT molecular complexity index is 775. The lowest BCUT2D eigenvalue weighted by Gasteiger charge is -2.11. The molecule has 0 heterocycles. The van der Waals surface area contributed by atoms with E-state index in [0.29, 0.717) is 4.47 Å². The van der Waals surface area contributed by atoms with Crippen molar-refractivity contribution in [1.82, 2.24) is 0 Å². The Labute approximate surface area is 131 Å². The molecule has 0 saturated carbocycles. The minimum atomic E-state index is -3.75. The molecular formula is C14H14BrNO4S. The van der Waals surface area contributed by atoms with Gasteiger partial charge in [-0.25, -0.2) is 8.42 Å². The molecule has 112 valence electrons. The highest BCUT2D eigenvalue weighted by Gasteiger charge is 2.18. The van der Waals surface area contributed by atoms with Crippen molar-refractivity contribution >= 4 is 31.6 Å². The van der Waals surface area contributed by atoms with Crippen molar-refractivity contribution in [3.8, 4) is 11.5 Å². The van der Waals surface area contributed by atoms with Crippen LogP contribution in [-0.2, 0) is 10.0 Å². The van der Waals surface area contributed by atoms with Crippen molar-refractivity contribution in [1.29, 1.82) is 0 Å². The molecule has 0 aromatic heterocycles. The third kappa shape index (κ3) is 3.48. The second-order valence-corrected chi connectivity index (χ2v) is 6.93. The highest BCUT2D eigenvalue weighted by atomic mass is 79.9. The molecule has 0 saturated heterocycles. The number of hydrogen-bond acceptors (Lipinski definition) is 4. The van der Waals surface area contributed by atoms with Crippen molar-refractivity contribution in [3.05, 3.63) is 46.4 Å². The maximum Gasteiger partial charge on any atom is 0.263 e. The van der Waals surface area contributed by atoms with Crippen molar-refractivity contribution in [2.24, 2.45) is 0 Å². The number of nitrogens with one attached hydrogen (secondary N) is 1. The van der Waals surface area contributed by atoms with Gasteiger partial charge in [-0.15, -0.1) is 0 Å². The van der Waals surface area contributed by atoms with E-state index in [1.807, 2.05) is 6.92 Å². The largest absolute Gasteiger partial charge is 0.504 e. The number of aromatic hydroxyl groups is 1. The topological polar surface area (TPSA) is 75.6 Å². The minimum absolute atomic E-state index is 0.128. The summed E-state index contributed by atoms with van der Waals surface area (Å²) >= 11 is 3.25. The van der Waals surface area contributed by atoms with Crippen LogP contribution in [0.25, 0.3) is 0 Å². The molecule has 0 aliphatic heterocycles. The summed E-state index contributed by atoms with van der Waals surface area (Å²) in [7, 11) is -2.33. The van der Waals surface area contributed by atoms with E-state index in [2.05, 4.69) is 20.7 Å². The van der Waals surface area contributed by atoms with Gasteiger partial charge in [-0.1, -0.05) is 6.07 Å². The van der Waals surface area contributed by atoms with E-state index in [9.17, 15) is 13.5 Å². The van der Waals surface area contributed by atoms with Crippen LogP contribution in [0, 0.1) is 6.92 Å². The van der Waals surface area contributed by atoms with Crippen LogP contribution >= 0.6 is 15.9 Å². The van der Waals surface area contributed by atoms with Gasteiger partial charge in [0, 0.05) is 10.5 Å². The van der Waals surface area contributed by atoms with Crippen LogP contribution in [0.3, 0.4) is 0 Å². The molecule has 5 nitrogen and oxygen atoms in total. The van der Waals surface area contributed by atoms with Crippen LogP contribution < -0.4 is 9.46 Å². The first-order chi connectivity index (χ1) is 9.83. The molecule has 2 N–H and O–H groups in total. The molecule has 0 unspecified atom stereocenters. The molecule has 2 aromatic carbocycles. The van der Waals surface area contributed by atoms with Gasteiger partial charge in [0.2, 0.25) is 0 Å². The average molecular weight is 372 g/mol. The van der Waals surface area contributed by atoms with Gasteiger partial charge in [-0.05, 0) is 52.7 Å². The smallest absolute Gasteiger partial charge is 0.263 e. The fourth-order valence-corrected chi connectivity index (χ4v) is 4.03. The molecule has 0 radical (unpaired) electrons. The predicted molar refractivity (Wildman–Crippen MR) is 84.3 cm³/mol. The monoisotopic (exact) mass is 371 g/mol.